The lowest BCUT2D eigenvalue weighted by molar-refractivity contribution is -0.126. The Kier molecular flexibility index (Phi) is 4.74. The summed E-state index contributed by atoms with van der Waals surface area (Å²) in [6.45, 7) is 0. The van der Waals surface area contributed by atoms with Crippen molar-refractivity contribution in [2.75, 3.05) is 0 Å². The third kappa shape index (κ3) is 3.61. The molecule has 0 atom stereocenters. The second-order valence-electron chi connectivity index (χ2n) is 1.95. The fourth-order valence-corrected chi connectivity index (χ4v) is 2.25. The standard InChI is InChI=1S/C8H6I2O2/c9-12-8(11)4-3-7-2-1-5-10-6-7/h1-6H/b4-3+. The maximum atomic E-state index is 10.7. The van der Waals surface area contributed by atoms with Crippen LogP contribution in [0.15, 0.2) is 34.0 Å². The Morgan fingerprint density at radius 1 is 1.67 bits per heavy atom. The minimum atomic E-state index is -0.322. The van der Waals surface area contributed by atoms with Gasteiger partial charge in [-0.2, -0.15) is 0 Å². The molecule has 0 aliphatic carbocycles. The van der Waals surface area contributed by atoms with Crippen LogP contribution < -0.4 is 0 Å². The van der Waals surface area contributed by atoms with E-state index in [1.54, 1.807) is 29.1 Å². The maximum absolute atomic E-state index is 10.7. The molecule has 4 heteroatoms. The first-order valence-electron chi connectivity index (χ1n) is 3.15. The van der Waals surface area contributed by atoms with Crippen LogP contribution in [0.1, 0.15) is 0 Å². The fourth-order valence-electron chi connectivity index (χ4n) is 0.617. The maximum Gasteiger partial charge on any atom is 0.340 e. The largest absolute Gasteiger partial charge is 0.391 e. The zero-order valence-corrected chi connectivity index (χ0v) is 10.4. The van der Waals surface area contributed by atoms with Gasteiger partial charge in [-0.1, -0.05) is 32.9 Å². The summed E-state index contributed by atoms with van der Waals surface area (Å²) in [6, 6.07) is 0. The van der Waals surface area contributed by atoms with Crippen LogP contribution in [0.5, 0.6) is 0 Å². The highest BCUT2D eigenvalue weighted by atomic mass is 127. The average molecular weight is 388 g/mol. The Morgan fingerprint density at radius 2 is 2.50 bits per heavy atom. The highest BCUT2D eigenvalue weighted by molar-refractivity contribution is 14.2. The molecule has 1 aliphatic rings. The first kappa shape index (κ1) is 10.1. The van der Waals surface area contributed by atoms with Gasteiger partial charge in [0.25, 0.3) is 0 Å². The SMILES string of the molecule is O=C(/C=C/C1=CC=CI=C1)OI. The van der Waals surface area contributed by atoms with E-state index in [2.05, 4.69) is 11.2 Å². The molecule has 0 radical (unpaired) electrons. The van der Waals surface area contributed by atoms with Crippen LogP contribution in [0.4, 0.5) is 0 Å². The molecule has 0 N–H and O–H groups in total. The lowest BCUT2D eigenvalue weighted by Gasteiger charge is -1.93. The van der Waals surface area contributed by atoms with E-state index in [4.69, 9.17) is 0 Å². The van der Waals surface area contributed by atoms with Gasteiger partial charge in [0.05, 0.1) is 0 Å². The summed E-state index contributed by atoms with van der Waals surface area (Å²) in [5.74, 6) is -0.322. The van der Waals surface area contributed by atoms with Gasteiger partial charge in [-0.25, -0.2) is 4.79 Å². The molecule has 0 aromatic rings. The number of hydrogen-bond acceptors (Lipinski definition) is 2. The Morgan fingerprint density at radius 3 is 3.08 bits per heavy atom. The molecule has 1 rings (SSSR count). The minimum absolute atomic E-state index is 0.0586. The van der Waals surface area contributed by atoms with Crippen LogP contribution in [-0.4, -0.2) is 9.98 Å². The Labute approximate surface area is 94.8 Å². The molecule has 12 heavy (non-hydrogen) atoms. The van der Waals surface area contributed by atoms with Crippen LogP contribution >= 0.6 is 43.7 Å². The monoisotopic (exact) mass is 388 g/mol. The number of rotatable bonds is 2. The topological polar surface area (TPSA) is 26.3 Å². The second-order valence-corrected chi connectivity index (χ2v) is 4.45. The van der Waals surface area contributed by atoms with E-state index in [0.29, 0.717) is 0 Å². The lowest BCUT2D eigenvalue weighted by atomic mass is 10.2. The smallest absolute Gasteiger partial charge is 0.340 e. The van der Waals surface area contributed by atoms with E-state index in [9.17, 15) is 4.79 Å². The van der Waals surface area contributed by atoms with E-state index >= 15 is 0 Å². The van der Waals surface area contributed by atoms with Gasteiger partial charge < -0.3 is 3.07 Å². The van der Waals surface area contributed by atoms with Crippen molar-refractivity contribution < 1.29 is 7.86 Å². The van der Waals surface area contributed by atoms with Gasteiger partial charge in [-0.05, 0) is 19.7 Å². The van der Waals surface area contributed by atoms with Crippen molar-refractivity contribution in [1.29, 1.82) is 0 Å². The fraction of sp³-hybridized carbons (Fsp3) is 0. The zero-order chi connectivity index (χ0) is 8.81. The molecule has 0 unspecified atom stereocenters. The number of carbonyl (C=O) groups is 1. The lowest BCUT2D eigenvalue weighted by Crippen LogP contribution is -1.89. The van der Waals surface area contributed by atoms with Gasteiger partial charge in [0.2, 0.25) is 0 Å². The molecule has 1 heterocycles. The molecule has 0 amide bonds. The van der Waals surface area contributed by atoms with E-state index < -0.39 is 0 Å². The summed E-state index contributed by atoms with van der Waals surface area (Å²) in [5.41, 5.74) is 1.09. The number of allylic oxidation sites excluding steroid dienone is 4. The minimum Gasteiger partial charge on any atom is -0.391 e. The van der Waals surface area contributed by atoms with Crippen molar-refractivity contribution in [3.63, 3.8) is 0 Å². The predicted molar refractivity (Wildman–Crippen MR) is 66.6 cm³/mol. The zero-order valence-electron chi connectivity index (χ0n) is 6.04. The molecule has 0 aromatic heterocycles. The van der Waals surface area contributed by atoms with E-state index in [1.165, 1.54) is 6.08 Å². The molecule has 2 nitrogen and oxygen atoms in total. The van der Waals surface area contributed by atoms with E-state index in [0.717, 1.165) is 5.57 Å². The van der Waals surface area contributed by atoms with Crippen molar-refractivity contribution in [1.82, 2.24) is 0 Å². The highest BCUT2D eigenvalue weighted by Crippen LogP contribution is 2.09. The van der Waals surface area contributed by atoms with Crippen LogP contribution in [0.25, 0.3) is 0 Å². The number of halogens is 2. The van der Waals surface area contributed by atoms with Crippen LogP contribution in [0, 0.1) is 0 Å². The number of carbonyl (C=O) groups excluding carboxylic acids is 1. The Hall–Kier alpha value is 0.0200. The van der Waals surface area contributed by atoms with Crippen LogP contribution in [0.3, 0.4) is 0 Å². The van der Waals surface area contributed by atoms with Crippen LogP contribution in [0.2, 0.25) is 0 Å². The molecule has 1 aliphatic heterocycles. The molecule has 0 saturated carbocycles. The van der Waals surface area contributed by atoms with Crippen LogP contribution in [-0.2, 0) is 7.86 Å². The Balaban J connectivity index is 2.57. The van der Waals surface area contributed by atoms with E-state index in [1.807, 2.05) is 12.2 Å². The molecule has 0 bridgehead atoms. The molecule has 0 spiro atoms. The molecule has 0 saturated heterocycles. The van der Waals surface area contributed by atoms with Crippen molar-refractivity contribution in [2.24, 2.45) is 0 Å². The molecule has 0 fully saturated rings. The van der Waals surface area contributed by atoms with Crippen molar-refractivity contribution >= 4 is 53.7 Å². The first-order chi connectivity index (χ1) is 5.83. The molecule has 64 valence electrons. The third-order valence-corrected chi connectivity index (χ3v) is 3.45. The highest BCUT2D eigenvalue weighted by Gasteiger charge is 1.93. The predicted octanol–water partition coefficient (Wildman–Crippen LogP) is 2.66. The normalized spacial score (nSPS) is 15.6. The van der Waals surface area contributed by atoms with Gasteiger partial charge in [0.1, 0.15) is 0 Å². The summed E-state index contributed by atoms with van der Waals surface area (Å²) >= 11 is 1.63. The third-order valence-electron chi connectivity index (χ3n) is 1.11. The van der Waals surface area contributed by atoms with Gasteiger partial charge in [-0.3, -0.25) is 0 Å². The summed E-state index contributed by atoms with van der Waals surface area (Å²) < 4.78 is 8.74. The van der Waals surface area contributed by atoms with Crippen molar-refractivity contribution in [2.45, 2.75) is 0 Å². The van der Waals surface area contributed by atoms with Gasteiger partial charge in [0, 0.05) is 6.08 Å². The summed E-state index contributed by atoms with van der Waals surface area (Å²) in [6.07, 6.45) is 7.18. The average Bonchev–Trinajstić information content (AvgIpc) is 2.16. The Bertz CT molecular complexity index is 287. The van der Waals surface area contributed by atoms with Gasteiger partial charge in [0.15, 0.2) is 23.0 Å². The van der Waals surface area contributed by atoms with E-state index in [-0.39, 0.29) is 26.7 Å². The summed E-state index contributed by atoms with van der Waals surface area (Å²) in [4.78, 5) is 10.7. The summed E-state index contributed by atoms with van der Waals surface area (Å²) in [5, 5.41) is 0. The first-order valence-corrected chi connectivity index (χ1v) is 6.53. The van der Waals surface area contributed by atoms with Crippen molar-refractivity contribution in [3.8, 4) is 0 Å². The molecular formula is C8H6I2O2. The molecular weight excluding hydrogens is 382 g/mol. The van der Waals surface area contributed by atoms with Gasteiger partial charge in [-0.15, -0.1) is 0 Å². The van der Waals surface area contributed by atoms with Gasteiger partial charge >= 0.3 is 5.97 Å². The quantitative estimate of drug-likeness (QED) is 0.538. The second kappa shape index (κ2) is 5.63. The number of hydrogen-bond donors (Lipinski definition) is 0. The van der Waals surface area contributed by atoms with Crippen molar-refractivity contribution in [3.05, 3.63) is 34.0 Å². The summed E-state index contributed by atoms with van der Waals surface area (Å²) in [7, 11) is 0. The molecule has 0 aromatic carbocycles.